The number of hydrogen-bond acceptors (Lipinski definition) is 4. The zero-order chi connectivity index (χ0) is 10.4. The van der Waals surface area contributed by atoms with Crippen molar-refractivity contribution in [1.82, 2.24) is 25.5 Å². The van der Waals surface area contributed by atoms with Crippen LogP contribution >= 0.6 is 0 Å². The van der Waals surface area contributed by atoms with Crippen molar-refractivity contribution in [3.05, 3.63) is 5.82 Å². The molecule has 5 nitrogen and oxygen atoms in total. The van der Waals surface area contributed by atoms with Gasteiger partial charge in [-0.15, -0.1) is 10.2 Å². The van der Waals surface area contributed by atoms with Crippen molar-refractivity contribution in [1.29, 1.82) is 0 Å². The molecular formula is C9H19N5. The summed E-state index contributed by atoms with van der Waals surface area (Å²) in [7, 11) is 1.77. The lowest BCUT2D eigenvalue weighted by Gasteiger charge is -2.04. The second kappa shape index (κ2) is 5.70. The average molecular weight is 197 g/mol. The Hall–Kier alpha value is -0.970. The molecule has 0 aliphatic rings. The van der Waals surface area contributed by atoms with E-state index in [0.717, 1.165) is 18.3 Å². The predicted octanol–water partition coefficient (Wildman–Crippen LogP) is 0.736. The van der Waals surface area contributed by atoms with Crippen LogP contribution in [0.25, 0.3) is 0 Å². The summed E-state index contributed by atoms with van der Waals surface area (Å²) in [6.45, 7) is 6.22. The molecule has 0 saturated heterocycles. The number of rotatable bonds is 6. The molecule has 0 aromatic carbocycles. The minimum Gasteiger partial charge on any atom is -0.310 e. The van der Waals surface area contributed by atoms with Crippen molar-refractivity contribution < 1.29 is 0 Å². The van der Waals surface area contributed by atoms with Crippen LogP contribution in [0.4, 0.5) is 0 Å². The van der Waals surface area contributed by atoms with Crippen LogP contribution in [0.1, 0.15) is 32.5 Å². The molecule has 0 atom stereocenters. The van der Waals surface area contributed by atoms with Gasteiger partial charge in [-0.1, -0.05) is 13.8 Å². The fraction of sp³-hybridized carbons (Fsp3) is 0.889. The summed E-state index contributed by atoms with van der Waals surface area (Å²) in [5, 5.41) is 15.0. The number of aryl methyl sites for hydroxylation is 1. The van der Waals surface area contributed by atoms with Gasteiger partial charge in [-0.2, -0.15) is 4.80 Å². The summed E-state index contributed by atoms with van der Waals surface area (Å²) in [6.07, 6.45) is 2.47. The van der Waals surface area contributed by atoms with Crippen LogP contribution in [0.15, 0.2) is 0 Å². The maximum atomic E-state index is 4.08. The van der Waals surface area contributed by atoms with Crippen LogP contribution in [-0.4, -0.2) is 26.8 Å². The van der Waals surface area contributed by atoms with Gasteiger partial charge in [-0.25, -0.2) is 0 Å². The van der Waals surface area contributed by atoms with Gasteiger partial charge < -0.3 is 5.32 Å². The fourth-order valence-electron chi connectivity index (χ4n) is 1.23. The molecule has 14 heavy (non-hydrogen) atoms. The summed E-state index contributed by atoms with van der Waals surface area (Å²) in [4.78, 5) is 1.48. The molecular weight excluding hydrogens is 178 g/mol. The number of tetrazole rings is 1. The standard InChI is InChI=1S/C9H19N5/c1-8(2)5-4-6-10-7-9-11-13-14(3)12-9/h8,10H,4-7H2,1-3H3. The van der Waals surface area contributed by atoms with Crippen molar-refractivity contribution in [3.8, 4) is 0 Å². The maximum Gasteiger partial charge on any atom is 0.188 e. The van der Waals surface area contributed by atoms with Crippen molar-refractivity contribution in [2.45, 2.75) is 33.2 Å². The highest BCUT2D eigenvalue weighted by Gasteiger charge is 1.99. The molecule has 0 saturated carbocycles. The van der Waals surface area contributed by atoms with Gasteiger partial charge in [0, 0.05) is 0 Å². The Morgan fingerprint density at radius 2 is 2.21 bits per heavy atom. The van der Waals surface area contributed by atoms with E-state index in [0.29, 0.717) is 6.54 Å². The molecule has 0 unspecified atom stereocenters. The highest BCUT2D eigenvalue weighted by Crippen LogP contribution is 2.01. The van der Waals surface area contributed by atoms with Crippen LogP contribution in [0, 0.1) is 5.92 Å². The highest BCUT2D eigenvalue weighted by atomic mass is 15.6. The average Bonchev–Trinajstić information content (AvgIpc) is 2.50. The minimum absolute atomic E-state index is 0.714. The Labute approximate surface area is 84.9 Å². The Kier molecular flexibility index (Phi) is 4.52. The van der Waals surface area contributed by atoms with Crippen LogP contribution in [0.3, 0.4) is 0 Å². The van der Waals surface area contributed by atoms with Gasteiger partial charge in [0.1, 0.15) is 0 Å². The maximum absolute atomic E-state index is 4.08. The Balaban J connectivity index is 2.04. The lowest BCUT2D eigenvalue weighted by molar-refractivity contribution is 0.523. The molecule has 0 radical (unpaired) electrons. The second-order valence-corrected chi connectivity index (χ2v) is 3.91. The van der Waals surface area contributed by atoms with E-state index in [2.05, 4.69) is 34.6 Å². The molecule has 1 heterocycles. The van der Waals surface area contributed by atoms with E-state index in [1.165, 1.54) is 17.6 Å². The first kappa shape index (κ1) is 11.1. The molecule has 0 aliphatic carbocycles. The predicted molar refractivity (Wildman–Crippen MR) is 54.6 cm³/mol. The quantitative estimate of drug-likeness (QED) is 0.683. The van der Waals surface area contributed by atoms with Gasteiger partial charge in [-0.05, 0) is 30.5 Å². The zero-order valence-corrected chi connectivity index (χ0v) is 9.19. The van der Waals surface area contributed by atoms with Gasteiger partial charge >= 0.3 is 0 Å². The van der Waals surface area contributed by atoms with Gasteiger partial charge in [-0.3, -0.25) is 0 Å². The second-order valence-electron chi connectivity index (χ2n) is 3.91. The number of aromatic nitrogens is 4. The third-order valence-electron chi connectivity index (χ3n) is 1.97. The van der Waals surface area contributed by atoms with Crippen LogP contribution < -0.4 is 5.32 Å². The molecule has 5 heteroatoms. The van der Waals surface area contributed by atoms with Gasteiger partial charge in [0.15, 0.2) is 5.82 Å². The van der Waals surface area contributed by atoms with E-state index in [1.54, 1.807) is 7.05 Å². The molecule has 1 aromatic rings. The largest absolute Gasteiger partial charge is 0.310 e. The SMILES string of the molecule is CC(C)CCCNCc1nnn(C)n1. The zero-order valence-electron chi connectivity index (χ0n) is 9.19. The van der Waals surface area contributed by atoms with E-state index in [4.69, 9.17) is 0 Å². The normalized spacial score (nSPS) is 11.1. The number of nitrogens with one attached hydrogen (secondary N) is 1. The molecule has 0 amide bonds. The van der Waals surface area contributed by atoms with E-state index < -0.39 is 0 Å². The van der Waals surface area contributed by atoms with Crippen molar-refractivity contribution in [2.24, 2.45) is 13.0 Å². The molecule has 1 rings (SSSR count). The molecule has 0 aliphatic heterocycles. The Bertz CT molecular complexity index is 255. The molecule has 1 N–H and O–H groups in total. The summed E-state index contributed by atoms with van der Waals surface area (Å²) in [6, 6.07) is 0. The highest BCUT2D eigenvalue weighted by molar-refractivity contribution is 4.74. The first-order chi connectivity index (χ1) is 6.68. The first-order valence-electron chi connectivity index (χ1n) is 5.12. The van der Waals surface area contributed by atoms with Crippen molar-refractivity contribution in [3.63, 3.8) is 0 Å². The number of hydrogen-bond donors (Lipinski definition) is 1. The smallest absolute Gasteiger partial charge is 0.188 e. The molecule has 0 spiro atoms. The first-order valence-corrected chi connectivity index (χ1v) is 5.12. The lowest BCUT2D eigenvalue weighted by Crippen LogP contribution is -2.16. The Morgan fingerprint density at radius 1 is 1.43 bits per heavy atom. The topological polar surface area (TPSA) is 55.6 Å². The monoisotopic (exact) mass is 197 g/mol. The van der Waals surface area contributed by atoms with Crippen LogP contribution in [0.2, 0.25) is 0 Å². The molecule has 0 bridgehead atoms. The lowest BCUT2D eigenvalue weighted by atomic mass is 10.1. The van der Waals surface area contributed by atoms with Crippen LogP contribution in [0.5, 0.6) is 0 Å². The summed E-state index contributed by atoms with van der Waals surface area (Å²) >= 11 is 0. The summed E-state index contributed by atoms with van der Waals surface area (Å²) < 4.78 is 0. The summed E-state index contributed by atoms with van der Waals surface area (Å²) in [5.74, 6) is 1.54. The van der Waals surface area contributed by atoms with E-state index in [9.17, 15) is 0 Å². The third kappa shape index (κ3) is 4.32. The van der Waals surface area contributed by atoms with Gasteiger partial charge in [0.05, 0.1) is 13.6 Å². The third-order valence-corrected chi connectivity index (χ3v) is 1.97. The van der Waals surface area contributed by atoms with E-state index in [1.807, 2.05) is 0 Å². The van der Waals surface area contributed by atoms with E-state index in [-0.39, 0.29) is 0 Å². The fourth-order valence-corrected chi connectivity index (χ4v) is 1.23. The Morgan fingerprint density at radius 3 is 2.79 bits per heavy atom. The molecule has 1 aromatic heterocycles. The number of nitrogens with zero attached hydrogens (tertiary/aromatic N) is 4. The van der Waals surface area contributed by atoms with E-state index >= 15 is 0 Å². The van der Waals surface area contributed by atoms with Crippen molar-refractivity contribution >= 4 is 0 Å². The molecule has 0 fully saturated rings. The van der Waals surface area contributed by atoms with Gasteiger partial charge in [0.25, 0.3) is 0 Å². The minimum atomic E-state index is 0.714. The summed E-state index contributed by atoms with van der Waals surface area (Å²) in [5.41, 5.74) is 0. The molecule has 80 valence electrons. The van der Waals surface area contributed by atoms with Gasteiger partial charge in [0.2, 0.25) is 0 Å². The van der Waals surface area contributed by atoms with Crippen LogP contribution in [-0.2, 0) is 13.6 Å². The van der Waals surface area contributed by atoms with Crippen molar-refractivity contribution in [2.75, 3.05) is 6.54 Å².